The van der Waals surface area contributed by atoms with Gasteiger partial charge >= 0.3 is 12.4 Å². The number of amides is 1. The van der Waals surface area contributed by atoms with E-state index in [1.165, 1.54) is 24.3 Å². The first-order valence-corrected chi connectivity index (χ1v) is 11.3. The second-order valence-corrected chi connectivity index (χ2v) is 9.99. The Hall–Kier alpha value is -2.60. The molecule has 1 atom stereocenters. The van der Waals surface area contributed by atoms with Crippen LogP contribution in [0.1, 0.15) is 35.4 Å². The van der Waals surface area contributed by atoms with E-state index in [4.69, 9.17) is 5.73 Å². The van der Waals surface area contributed by atoms with E-state index in [1.54, 1.807) is 0 Å². The molecule has 0 aliphatic heterocycles. The summed E-state index contributed by atoms with van der Waals surface area (Å²) in [4.78, 5) is 12.1. The summed E-state index contributed by atoms with van der Waals surface area (Å²) < 4.78 is 103. The summed E-state index contributed by atoms with van der Waals surface area (Å²) in [5.74, 6) is -2.13. The van der Waals surface area contributed by atoms with E-state index in [9.17, 15) is 44.7 Å². The Balaban J connectivity index is 1.94. The molecule has 2 aromatic carbocycles. The van der Waals surface area contributed by atoms with E-state index in [-0.39, 0.29) is 27.7 Å². The summed E-state index contributed by atoms with van der Waals surface area (Å²) >= 11 is 0. The van der Waals surface area contributed by atoms with Gasteiger partial charge in [-0.15, -0.1) is 0 Å². The van der Waals surface area contributed by atoms with Gasteiger partial charge in [0, 0.05) is 5.56 Å². The number of rotatable bonds is 7. The molecule has 1 amide bonds. The third kappa shape index (κ3) is 4.86. The molecule has 0 heterocycles. The van der Waals surface area contributed by atoms with Crippen LogP contribution in [0.25, 0.3) is 0 Å². The second-order valence-electron chi connectivity index (χ2n) is 7.96. The molecule has 5 nitrogen and oxygen atoms in total. The SMILES string of the molecule is NC(=O)C(c1ccc(C(O)(C(F)(F)F)C(F)(F)F)cc1)c1ccc(S(=O)(=O)CC2CC2)cc1. The van der Waals surface area contributed by atoms with Crippen molar-refractivity contribution < 1.29 is 44.7 Å². The Morgan fingerprint density at radius 3 is 1.70 bits per heavy atom. The monoisotopic (exact) mass is 495 g/mol. The van der Waals surface area contributed by atoms with Crippen LogP contribution in [-0.2, 0) is 20.2 Å². The Bertz CT molecular complexity index is 1110. The molecule has 0 saturated heterocycles. The second kappa shape index (κ2) is 8.32. The highest BCUT2D eigenvalue weighted by Crippen LogP contribution is 2.50. The van der Waals surface area contributed by atoms with E-state index in [0.717, 1.165) is 25.0 Å². The van der Waals surface area contributed by atoms with E-state index >= 15 is 0 Å². The largest absolute Gasteiger partial charge is 0.430 e. The Morgan fingerprint density at radius 2 is 1.33 bits per heavy atom. The van der Waals surface area contributed by atoms with E-state index in [2.05, 4.69) is 0 Å². The highest BCUT2D eigenvalue weighted by Gasteiger charge is 2.71. The van der Waals surface area contributed by atoms with Crippen molar-refractivity contribution in [3.8, 4) is 0 Å². The molecule has 12 heteroatoms. The Morgan fingerprint density at radius 1 is 0.909 bits per heavy atom. The Labute approximate surface area is 185 Å². The number of benzene rings is 2. The molecule has 1 aliphatic carbocycles. The summed E-state index contributed by atoms with van der Waals surface area (Å²) in [6, 6.07) is 7.64. The summed E-state index contributed by atoms with van der Waals surface area (Å²) in [6.07, 6.45) is -10.4. The van der Waals surface area contributed by atoms with Gasteiger partial charge in [-0.05, 0) is 42.0 Å². The van der Waals surface area contributed by atoms with Crippen LogP contribution in [0.4, 0.5) is 26.3 Å². The zero-order valence-electron chi connectivity index (χ0n) is 16.8. The molecule has 2 aromatic rings. The number of alkyl halides is 6. The maximum Gasteiger partial charge on any atom is 0.430 e. The lowest BCUT2D eigenvalue weighted by atomic mass is 9.87. The molecule has 1 fully saturated rings. The van der Waals surface area contributed by atoms with Crippen molar-refractivity contribution in [1.29, 1.82) is 0 Å². The zero-order chi connectivity index (χ0) is 24.8. The number of primary amides is 1. The van der Waals surface area contributed by atoms with Crippen molar-refractivity contribution in [3.05, 3.63) is 65.2 Å². The zero-order valence-corrected chi connectivity index (χ0v) is 17.6. The first-order chi connectivity index (χ1) is 15.1. The van der Waals surface area contributed by atoms with Gasteiger partial charge in [0.05, 0.1) is 16.6 Å². The predicted octanol–water partition coefficient (Wildman–Crippen LogP) is 3.80. The predicted molar refractivity (Wildman–Crippen MR) is 105 cm³/mol. The number of sulfone groups is 1. The lowest BCUT2D eigenvalue weighted by Crippen LogP contribution is -2.53. The van der Waals surface area contributed by atoms with Crippen molar-refractivity contribution in [2.24, 2.45) is 11.7 Å². The van der Waals surface area contributed by atoms with Gasteiger partial charge in [-0.1, -0.05) is 36.4 Å². The fraction of sp³-hybridized carbons (Fsp3) is 0.381. The quantitative estimate of drug-likeness (QED) is 0.571. The van der Waals surface area contributed by atoms with Crippen LogP contribution in [0.15, 0.2) is 53.4 Å². The van der Waals surface area contributed by atoms with Crippen molar-refractivity contribution in [2.75, 3.05) is 5.75 Å². The van der Waals surface area contributed by atoms with Crippen molar-refractivity contribution in [2.45, 2.75) is 41.6 Å². The highest BCUT2D eigenvalue weighted by atomic mass is 32.2. The minimum atomic E-state index is -6.04. The minimum Gasteiger partial charge on any atom is -0.369 e. The smallest absolute Gasteiger partial charge is 0.369 e. The first kappa shape index (κ1) is 25.0. The number of hydrogen-bond donors (Lipinski definition) is 2. The number of aliphatic hydroxyl groups is 1. The minimum absolute atomic E-state index is 0.00558. The first-order valence-electron chi connectivity index (χ1n) is 9.66. The standard InChI is InChI=1S/C21H19F6NO4S/c22-20(23,24)19(30,21(25,26)27)15-7-3-13(4-8-15)17(18(28)29)14-5-9-16(10-6-14)33(31,32)11-12-1-2-12/h3-10,12,17,30H,1-2,11H2,(H2,28,29). The summed E-state index contributed by atoms with van der Waals surface area (Å²) in [5, 5.41) is 9.49. The molecule has 0 bridgehead atoms. The maximum atomic E-state index is 13.1. The lowest BCUT2D eigenvalue weighted by molar-refractivity contribution is -0.376. The van der Waals surface area contributed by atoms with Gasteiger partial charge in [-0.2, -0.15) is 26.3 Å². The van der Waals surface area contributed by atoms with Crippen LogP contribution < -0.4 is 5.73 Å². The maximum absolute atomic E-state index is 13.1. The summed E-state index contributed by atoms with van der Waals surface area (Å²) in [6.45, 7) is 0. The molecular weight excluding hydrogens is 476 g/mol. The van der Waals surface area contributed by atoms with E-state index < -0.39 is 45.2 Å². The molecule has 0 spiro atoms. The molecule has 1 unspecified atom stereocenters. The molecule has 0 aromatic heterocycles. The molecule has 1 saturated carbocycles. The third-order valence-corrected chi connectivity index (χ3v) is 7.39. The van der Waals surface area contributed by atoms with E-state index in [0.29, 0.717) is 12.1 Å². The van der Waals surface area contributed by atoms with Crippen LogP contribution in [0.2, 0.25) is 0 Å². The molecule has 0 radical (unpaired) electrons. The van der Waals surface area contributed by atoms with Crippen LogP contribution >= 0.6 is 0 Å². The van der Waals surface area contributed by atoms with Crippen LogP contribution in [0.3, 0.4) is 0 Å². The van der Waals surface area contributed by atoms with Crippen molar-refractivity contribution >= 4 is 15.7 Å². The van der Waals surface area contributed by atoms with Gasteiger partial charge in [0.15, 0.2) is 9.84 Å². The number of carbonyl (C=O) groups excluding carboxylic acids is 1. The fourth-order valence-corrected chi connectivity index (χ4v) is 5.18. The van der Waals surface area contributed by atoms with Crippen LogP contribution in [0.5, 0.6) is 0 Å². The fourth-order valence-electron chi connectivity index (χ4n) is 3.48. The topological polar surface area (TPSA) is 97.5 Å². The van der Waals surface area contributed by atoms with Crippen molar-refractivity contribution in [1.82, 2.24) is 0 Å². The molecule has 180 valence electrons. The van der Waals surface area contributed by atoms with Gasteiger partial charge in [0.1, 0.15) is 0 Å². The average Bonchev–Trinajstić information content (AvgIpc) is 3.50. The van der Waals surface area contributed by atoms with Gasteiger partial charge in [-0.25, -0.2) is 8.42 Å². The third-order valence-electron chi connectivity index (χ3n) is 5.49. The molecular formula is C21H19F6NO4S. The van der Waals surface area contributed by atoms with Gasteiger partial charge in [-0.3, -0.25) is 4.79 Å². The van der Waals surface area contributed by atoms with E-state index in [1.807, 2.05) is 0 Å². The van der Waals surface area contributed by atoms with Crippen LogP contribution in [-0.4, -0.2) is 37.5 Å². The highest BCUT2D eigenvalue weighted by molar-refractivity contribution is 7.91. The number of hydrogen-bond acceptors (Lipinski definition) is 4. The summed E-state index contributed by atoms with van der Waals surface area (Å²) in [5.41, 5.74) is -1.02. The van der Waals surface area contributed by atoms with Gasteiger partial charge in [0.25, 0.3) is 5.60 Å². The van der Waals surface area contributed by atoms with Gasteiger partial charge < -0.3 is 10.8 Å². The molecule has 33 heavy (non-hydrogen) atoms. The molecule has 3 rings (SSSR count). The van der Waals surface area contributed by atoms with Gasteiger partial charge in [0.2, 0.25) is 5.91 Å². The lowest BCUT2D eigenvalue weighted by Gasteiger charge is -2.32. The number of carbonyl (C=O) groups is 1. The number of nitrogens with two attached hydrogens (primary N) is 1. The van der Waals surface area contributed by atoms with Crippen molar-refractivity contribution in [3.63, 3.8) is 0 Å². The summed E-state index contributed by atoms with van der Waals surface area (Å²) in [7, 11) is -3.53. The average molecular weight is 495 g/mol. The molecule has 3 N–H and O–H groups in total. The molecule has 1 aliphatic rings. The Kier molecular flexibility index (Phi) is 6.31. The normalized spacial score (nSPS) is 16.5. The van der Waals surface area contributed by atoms with Crippen LogP contribution in [0, 0.1) is 5.92 Å². The number of halogens is 6.